The van der Waals surface area contributed by atoms with Crippen molar-refractivity contribution in [3.63, 3.8) is 0 Å². The highest BCUT2D eigenvalue weighted by atomic mass is 35.5. The van der Waals surface area contributed by atoms with Crippen LogP contribution in [0.1, 0.15) is 29.8 Å². The summed E-state index contributed by atoms with van der Waals surface area (Å²) in [7, 11) is 0. The van der Waals surface area contributed by atoms with Crippen LogP contribution in [-0.4, -0.2) is 42.7 Å². The summed E-state index contributed by atoms with van der Waals surface area (Å²) in [4.78, 5) is 17.6. The number of hydrogen-bond acceptors (Lipinski definition) is 3. The van der Waals surface area contributed by atoms with Crippen LogP contribution in [0.3, 0.4) is 0 Å². The number of thioether (sulfide) groups is 1. The number of piperazine rings is 1. The molecule has 2 aromatic rings. The standard InChI is InChI=1S/C22H26ClFN2OS/c1-15(2)14-28-21-13-20(19(24)12-16(21)3)25-8-10-26(11-9-25)22(27)17-4-6-18(23)7-5-17/h4-7,12-13,15H,8-11,14H2,1-3H3. The van der Waals surface area contributed by atoms with E-state index in [0.29, 0.717) is 48.4 Å². The Hall–Kier alpha value is -1.72. The number of nitrogens with zero attached hydrogens (tertiary/aromatic N) is 2. The molecule has 0 radical (unpaired) electrons. The first-order chi connectivity index (χ1) is 13.3. The summed E-state index contributed by atoms with van der Waals surface area (Å²) >= 11 is 7.68. The van der Waals surface area contributed by atoms with Gasteiger partial charge >= 0.3 is 0 Å². The van der Waals surface area contributed by atoms with Gasteiger partial charge in [0.15, 0.2) is 0 Å². The van der Waals surface area contributed by atoms with Crippen LogP contribution in [0, 0.1) is 18.7 Å². The molecular formula is C22H26ClFN2OS. The molecule has 0 spiro atoms. The molecule has 0 atom stereocenters. The van der Waals surface area contributed by atoms with Crippen LogP contribution >= 0.6 is 23.4 Å². The van der Waals surface area contributed by atoms with Crippen molar-refractivity contribution in [3.05, 3.63) is 58.4 Å². The van der Waals surface area contributed by atoms with Gasteiger partial charge in [-0.25, -0.2) is 4.39 Å². The number of carbonyl (C=O) groups is 1. The van der Waals surface area contributed by atoms with E-state index in [1.807, 2.05) is 22.8 Å². The maximum Gasteiger partial charge on any atom is 0.253 e. The smallest absolute Gasteiger partial charge is 0.253 e. The summed E-state index contributed by atoms with van der Waals surface area (Å²) in [6, 6.07) is 10.5. The van der Waals surface area contributed by atoms with E-state index in [0.717, 1.165) is 16.2 Å². The first-order valence-electron chi connectivity index (χ1n) is 9.58. The number of anilines is 1. The molecule has 0 aromatic heterocycles. The predicted molar refractivity (Wildman–Crippen MR) is 116 cm³/mol. The number of carbonyl (C=O) groups excluding carboxylic acids is 1. The normalized spacial score (nSPS) is 14.6. The average Bonchev–Trinajstić information content (AvgIpc) is 2.67. The molecule has 3 nitrogen and oxygen atoms in total. The minimum absolute atomic E-state index is 0.00567. The number of benzene rings is 2. The van der Waals surface area contributed by atoms with Gasteiger partial charge in [0.25, 0.3) is 5.91 Å². The van der Waals surface area contributed by atoms with Gasteiger partial charge in [0.2, 0.25) is 0 Å². The Bertz CT molecular complexity index is 833. The first-order valence-corrected chi connectivity index (χ1v) is 10.9. The molecule has 1 aliphatic rings. The minimum atomic E-state index is -0.191. The molecule has 150 valence electrons. The molecule has 2 aromatic carbocycles. The molecule has 1 fully saturated rings. The lowest BCUT2D eigenvalue weighted by Gasteiger charge is -2.36. The topological polar surface area (TPSA) is 23.6 Å². The second-order valence-electron chi connectivity index (χ2n) is 7.56. The largest absolute Gasteiger partial charge is 0.366 e. The Morgan fingerprint density at radius 2 is 1.79 bits per heavy atom. The molecule has 1 aliphatic heterocycles. The van der Waals surface area contributed by atoms with Gasteiger partial charge < -0.3 is 9.80 Å². The van der Waals surface area contributed by atoms with Crippen LogP contribution in [0.4, 0.5) is 10.1 Å². The van der Waals surface area contributed by atoms with Crippen LogP contribution in [0.5, 0.6) is 0 Å². The third-order valence-electron chi connectivity index (χ3n) is 4.82. The number of aryl methyl sites for hydroxylation is 1. The van der Waals surface area contributed by atoms with Crippen LogP contribution in [0.2, 0.25) is 5.02 Å². The van der Waals surface area contributed by atoms with Crippen molar-refractivity contribution >= 4 is 35.0 Å². The SMILES string of the molecule is Cc1cc(F)c(N2CCN(C(=O)c3ccc(Cl)cc3)CC2)cc1SCC(C)C. The number of halogens is 2. The maximum absolute atomic E-state index is 14.6. The summed E-state index contributed by atoms with van der Waals surface area (Å²) in [5.41, 5.74) is 2.24. The number of amides is 1. The van der Waals surface area contributed by atoms with E-state index >= 15 is 0 Å². The van der Waals surface area contributed by atoms with E-state index in [2.05, 4.69) is 13.8 Å². The van der Waals surface area contributed by atoms with Crippen LogP contribution in [-0.2, 0) is 0 Å². The first kappa shape index (κ1) is 21.0. The van der Waals surface area contributed by atoms with Crippen molar-refractivity contribution in [3.8, 4) is 0 Å². The van der Waals surface area contributed by atoms with Gasteiger partial charge in [0.05, 0.1) is 5.69 Å². The lowest BCUT2D eigenvalue weighted by molar-refractivity contribution is 0.0746. The summed E-state index contributed by atoms with van der Waals surface area (Å²) in [5, 5.41) is 0.613. The third-order valence-corrected chi connectivity index (χ3v) is 6.65. The fourth-order valence-corrected chi connectivity index (χ4v) is 4.34. The van der Waals surface area contributed by atoms with Crippen LogP contribution < -0.4 is 4.90 Å². The van der Waals surface area contributed by atoms with Gasteiger partial charge in [-0.05, 0) is 54.8 Å². The van der Waals surface area contributed by atoms with Gasteiger partial charge in [-0.2, -0.15) is 0 Å². The Kier molecular flexibility index (Phi) is 6.89. The molecule has 28 heavy (non-hydrogen) atoms. The van der Waals surface area contributed by atoms with E-state index in [4.69, 9.17) is 11.6 Å². The quantitative estimate of drug-likeness (QED) is 0.597. The van der Waals surface area contributed by atoms with Gasteiger partial charge in [-0.15, -0.1) is 11.8 Å². The summed E-state index contributed by atoms with van der Waals surface area (Å²) in [6.07, 6.45) is 0. The Morgan fingerprint density at radius 1 is 1.14 bits per heavy atom. The molecule has 1 amide bonds. The van der Waals surface area contributed by atoms with Crippen molar-refractivity contribution in [1.82, 2.24) is 4.90 Å². The summed E-state index contributed by atoms with van der Waals surface area (Å²) in [6.45, 7) is 8.71. The second-order valence-corrected chi connectivity index (χ2v) is 9.06. The fourth-order valence-electron chi connectivity index (χ4n) is 3.22. The van der Waals surface area contributed by atoms with Crippen molar-refractivity contribution in [1.29, 1.82) is 0 Å². The third kappa shape index (κ3) is 5.00. The monoisotopic (exact) mass is 420 g/mol. The summed E-state index contributed by atoms with van der Waals surface area (Å²) in [5.74, 6) is 1.40. The van der Waals surface area contributed by atoms with E-state index in [1.54, 1.807) is 42.1 Å². The van der Waals surface area contributed by atoms with Crippen LogP contribution in [0.25, 0.3) is 0 Å². The second kappa shape index (κ2) is 9.19. The molecule has 6 heteroatoms. The van der Waals surface area contributed by atoms with E-state index in [-0.39, 0.29) is 11.7 Å². The molecule has 0 N–H and O–H groups in total. The van der Waals surface area contributed by atoms with Gasteiger partial charge in [0, 0.05) is 47.4 Å². The average molecular weight is 421 g/mol. The molecule has 1 heterocycles. The lowest BCUT2D eigenvalue weighted by atomic mass is 10.1. The van der Waals surface area contributed by atoms with Crippen molar-refractivity contribution in [2.24, 2.45) is 5.92 Å². The lowest BCUT2D eigenvalue weighted by Crippen LogP contribution is -2.49. The number of hydrogen-bond donors (Lipinski definition) is 0. The maximum atomic E-state index is 14.6. The van der Waals surface area contributed by atoms with Crippen molar-refractivity contribution < 1.29 is 9.18 Å². The highest BCUT2D eigenvalue weighted by Gasteiger charge is 2.24. The molecule has 0 unspecified atom stereocenters. The van der Waals surface area contributed by atoms with Crippen LogP contribution in [0.15, 0.2) is 41.3 Å². The fraction of sp³-hybridized carbons (Fsp3) is 0.409. The molecule has 0 aliphatic carbocycles. The minimum Gasteiger partial charge on any atom is -0.366 e. The molecule has 3 rings (SSSR count). The van der Waals surface area contributed by atoms with Gasteiger partial charge in [-0.1, -0.05) is 25.4 Å². The Balaban J connectivity index is 1.68. The van der Waals surface area contributed by atoms with E-state index in [1.165, 1.54) is 0 Å². The highest BCUT2D eigenvalue weighted by molar-refractivity contribution is 7.99. The summed E-state index contributed by atoms with van der Waals surface area (Å²) < 4.78 is 14.6. The molecule has 0 bridgehead atoms. The Morgan fingerprint density at radius 3 is 2.39 bits per heavy atom. The molecular weight excluding hydrogens is 395 g/mol. The zero-order valence-corrected chi connectivity index (χ0v) is 18.1. The molecule has 1 saturated heterocycles. The van der Waals surface area contributed by atoms with E-state index in [9.17, 15) is 9.18 Å². The van der Waals surface area contributed by atoms with Crippen molar-refractivity contribution in [2.75, 3.05) is 36.8 Å². The Labute approximate surface area is 175 Å². The van der Waals surface area contributed by atoms with Crippen molar-refractivity contribution in [2.45, 2.75) is 25.7 Å². The zero-order valence-electron chi connectivity index (χ0n) is 16.5. The predicted octanol–water partition coefficient (Wildman–Crippen LogP) is 5.50. The van der Waals surface area contributed by atoms with Gasteiger partial charge in [0.1, 0.15) is 5.82 Å². The molecule has 0 saturated carbocycles. The van der Waals surface area contributed by atoms with E-state index < -0.39 is 0 Å². The number of rotatable bonds is 5. The zero-order chi connectivity index (χ0) is 20.3. The highest BCUT2D eigenvalue weighted by Crippen LogP contribution is 2.32. The van der Waals surface area contributed by atoms with Gasteiger partial charge in [-0.3, -0.25) is 4.79 Å².